The van der Waals surface area contributed by atoms with Crippen molar-refractivity contribution in [3.05, 3.63) is 89.5 Å². The maximum absolute atomic E-state index is 12.8. The molecule has 1 aliphatic rings. The molecule has 0 radical (unpaired) electrons. The van der Waals surface area contributed by atoms with E-state index in [0.717, 1.165) is 25.1 Å². The van der Waals surface area contributed by atoms with Crippen molar-refractivity contribution in [1.29, 1.82) is 0 Å². The molecule has 3 aromatic rings. The molecule has 30 heavy (non-hydrogen) atoms. The highest BCUT2D eigenvalue weighted by Crippen LogP contribution is 2.26. The zero-order chi connectivity index (χ0) is 20.9. The standard InChI is InChI=1S/C24H24N4O2/c1-17-21(23(29)27-20-12-6-3-7-13-20)15-25-22(26-17)19-11-8-14-28(16-19)24(30)18-9-4-2-5-10-18/h2-7,9-10,12-13,15,19H,8,11,14,16H2,1H3,(H,27,29). The number of hydrogen-bond acceptors (Lipinski definition) is 4. The van der Waals surface area contributed by atoms with Gasteiger partial charge in [-0.25, -0.2) is 9.97 Å². The summed E-state index contributed by atoms with van der Waals surface area (Å²) in [5.74, 6) is 0.566. The molecule has 0 aliphatic carbocycles. The van der Waals surface area contributed by atoms with Crippen LogP contribution in [0.4, 0.5) is 5.69 Å². The van der Waals surface area contributed by atoms with E-state index in [1.807, 2.05) is 72.5 Å². The van der Waals surface area contributed by atoms with E-state index in [2.05, 4.69) is 15.3 Å². The second-order valence-electron chi connectivity index (χ2n) is 7.50. The van der Waals surface area contributed by atoms with E-state index in [4.69, 9.17) is 0 Å². The van der Waals surface area contributed by atoms with Crippen molar-refractivity contribution in [3.63, 3.8) is 0 Å². The number of aryl methyl sites for hydroxylation is 1. The van der Waals surface area contributed by atoms with Crippen LogP contribution in [0, 0.1) is 6.92 Å². The van der Waals surface area contributed by atoms with Crippen LogP contribution in [-0.4, -0.2) is 39.8 Å². The van der Waals surface area contributed by atoms with Crippen LogP contribution in [0.15, 0.2) is 66.9 Å². The lowest BCUT2D eigenvalue weighted by Gasteiger charge is -2.32. The summed E-state index contributed by atoms with van der Waals surface area (Å²) in [6.07, 6.45) is 3.42. The topological polar surface area (TPSA) is 75.2 Å². The van der Waals surface area contributed by atoms with Gasteiger partial charge < -0.3 is 10.2 Å². The third kappa shape index (κ3) is 4.38. The SMILES string of the molecule is Cc1nc(C2CCCN(C(=O)c3ccccc3)C2)ncc1C(=O)Nc1ccccc1. The van der Waals surface area contributed by atoms with Crippen molar-refractivity contribution in [2.24, 2.45) is 0 Å². The summed E-state index contributed by atoms with van der Waals surface area (Å²) in [5, 5.41) is 2.87. The van der Waals surface area contributed by atoms with Crippen LogP contribution >= 0.6 is 0 Å². The Morgan fingerprint density at radius 1 is 1.03 bits per heavy atom. The van der Waals surface area contributed by atoms with Crippen molar-refractivity contribution in [2.75, 3.05) is 18.4 Å². The van der Waals surface area contributed by atoms with E-state index in [1.165, 1.54) is 0 Å². The number of piperidine rings is 1. The van der Waals surface area contributed by atoms with Crippen LogP contribution in [0.3, 0.4) is 0 Å². The largest absolute Gasteiger partial charge is 0.338 e. The van der Waals surface area contributed by atoms with E-state index in [0.29, 0.717) is 29.2 Å². The van der Waals surface area contributed by atoms with Crippen molar-refractivity contribution in [3.8, 4) is 0 Å². The van der Waals surface area contributed by atoms with Crippen molar-refractivity contribution < 1.29 is 9.59 Å². The molecule has 6 heteroatoms. The summed E-state index contributed by atoms with van der Waals surface area (Å²) in [6.45, 7) is 3.14. The average molecular weight is 400 g/mol. The highest BCUT2D eigenvalue weighted by Gasteiger charge is 2.27. The lowest BCUT2D eigenvalue weighted by molar-refractivity contribution is 0.0704. The molecule has 0 bridgehead atoms. The number of carbonyl (C=O) groups excluding carboxylic acids is 2. The fourth-order valence-electron chi connectivity index (χ4n) is 3.76. The van der Waals surface area contributed by atoms with Gasteiger partial charge in [-0.15, -0.1) is 0 Å². The Morgan fingerprint density at radius 2 is 1.73 bits per heavy atom. The zero-order valence-corrected chi connectivity index (χ0v) is 16.9. The third-order valence-corrected chi connectivity index (χ3v) is 5.37. The summed E-state index contributed by atoms with van der Waals surface area (Å²) in [5.41, 5.74) is 2.52. The predicted octanol–water partition coefficient (Wildman–Crippen LogP) is 4.06. The molecule has 1 fully saturated rings. The minimum absolute atomic E-state index is 0.0379. The minimum atomic E-state index is -0.227. The Kier molecular flexibility index (Phi) is 5.84. The maximum Gasteiger partial charge on any atom is 0.259 e. The fraction of sp³-hybridized carbons (Fsp3) is 0.250. The lowest BCUT2D eigenvalue weighted by Crippen LogP contribution is -2.39. The fourth-order valence-corrected chi connectivity index (χ4v) is 3.76. The third-order valence-electron chi connectivity index (χ3n) is 5.37. The molecule has 1 unspecified atom stereocenters. The summed E-state index contributed by atoms with van der Waals surface area (Å²) in [4.78, 5) is 36.3. The van der Waals surface area contributed by atoms with E-state index < -0.39 is 0 Å². The summed E-state index contributed by atoms with van der Waals surface area (Å²) in [6, 6.07) is 18.6. The lowest BCUT2D eigenvalue weighted by atomic mass is 9.96. The Bertz CT molecular complexity index is 1040. The number of hydrogen-bond donors (Lipinski definition) is 1. The van der Waals surface area contributed by atoms with Crippen molar-refractivity contribution in [1.82, 2.24) is 14.9 Å². The number of anilines is 1. The molecule has 1 aromatic heterocycles. The van der Waals surface area contributed by atoms with Gasteiger partial charge in [-0.3, -0.25) is 9.59 Å². The van der Waals surface area contributed by atoms with Crippen LogP contribution in [0.5, 0.6) is 0 Å². The first-order valence-electron chi connectivity index (χ1n) is 10.2. The number of para-hydroxylation sites is 1. The summed E-state index contributed by atoms with van der Waals surface area (Å²) in [7, 11) is 0. The zero-order valence-electron chi connectivity index (χ0n) is 16.9. The molecular weight excluding hydrogens is 376 g/mol. The predicted molar refractivity (Wildman–Crippen MR) is 115 cm³/mol. The number of nitrogens with zero attached hydrogens (tertiary/aromatic N) is 3. The van der Waals surface area contributed by atoms with Crippen LogP contribution in [0.2, 0.25) is 0 Å². The van der Waals surface area contributed by atoms with Crippen molar-refractivity contribution in [2.45, 2.75) is 25.7 Å². The summed E-state index contributed by atoms with van der Waals surface area (Å²) >= 11 is 0. The number of likely N-dealkylation sites (tertiary alicyclic amines) is 1. The quantitative estimate of drug-likeness (QED) is 0.717. The number of amides is 2. The number of rotatable bonds is 4. The molecule has 1 N–H and O–H groups in total. The number of carbonyl (C=O) groups is 2. The second-order valence-corrected chi connectivity index (χ2v) is 7.50. The maximum atomic E-state index is 12.8. The molecule has 0 saturated carbocycles. The van der Waals surface area contributed by atoms with Gasteiger partial charge in [0.2, 0.25) is 0 Å². The first kappa shape index (κ1) is 19.8. The minimum Gasteiger partial charge on any atom is -0.338 e. The highest BCUT2D eigenvalue weighted by molar-refractivity contribution is 6.04. The van der Waals surface area contributed by atoms with Gasteiger partial charge in [0.25, 0.3) is 11.8 Å². The Hall–Kier alpha value is -3.54. The van der Waals surface area contributed by atoms with Gasteiger partial charge in [-0.1, -0.05) is 36.4 Å². The Labute approximate surface area is 176 Å². The van der Waals surface area contributed by atoms with Crippen LogP contribution < -0.4 is 5.32 Å². The molecule has 2 heterocycles. The Balaban J connectivity index is 1.47. The van der Waals surface area contributed by atoms with E-state index in [-0.39, 0.29) is 17.7 Å². The molecule has 1 saturated heterocycles. The van der Waals surface area contributed by atoms with Gasteiger partial charge in [0.15, 0.2) is 0 Å². The summed E-state index contributed by atoms with van der Waals surface area (Å²) < 4.78 is 0. The van der Waals surface area contributed by atoms with Crippen LogP contribution in [0.1, 0.15) is 51.0 Å². The molecule has 2 amide bonds. The Morgan fingerprint density at radius 3 is 2.43 bits per heavy atom. The second kappa shape index (κ2) is 8.86. The van der Waals surface area contributed by atoms with E-state index in [9.17, 15) is 9.59 Å². The van der Waals surface area contributed by atoms with Crippen LogP contribution in [-0.2, 0) is 0 Å². The van der Waals surface area contributed by atoms with Gasteiger partial charge >= 0.3 is 0 Å². The molecule has 152 valence electrons. The van der Waals surface area contributed by atoms with Gasteiger partial charge in [0, 0.05) is 36.5 Å². The van der Waals surface area contributed by atoms with Gasteiger partial charge in [0.05, 0.1) is 11.3 Å². The average Bonchev–Trinajstić information content (AvgIpc) is 2.80. The number of benzene rings is 2. The molecular formula is C24H24N4O2. The molecule has 6 nitrogen and oxygen atoms in total. The van der Waals surface area contributed by atoms with E-state index >= 15 is 0 Å². The number of nitrogens with one attached hydrogen (secondary N) is 1. The van der Waals surface area contributed by atoms with E-state index in [1.54, 1.807) is 6.20 Å². The highest BCUT2D eigenvalue weighted by atomic mass is 16.2. The molecule has 1 aliphatic heterocycles. The van der Waals surface area contributed by atoms with Gasteiger partial charge in [-0.05, 0) is 44.0 Å². The van der Waals surface area contributed by atoms with Crippen molar-refractivity contribution >= 4 is 17.5 Å². The molecule has 0 spiro atoms. The van der Waals surface area contributed by atoms with Gasteiger partial charge in [-0.2, -0.15) is 0 Å². The smallest absolute Gasteiger partial charge is 0.259 e. The molecule has 2 aromatic carbocycles. The number of aromatic nitrogens is 2. The monoisotopic (exact) mass is 400 g/mol. The normalized spacial score (nSPS) is 16.2. The molecule has 4 rings (SSSR count). The van der Waals surface area contributed by atoms with Crippen LogP contribution in [0.25, 0.3) is 0 Å². The van der Waals surface area contributed by atoms with Gasteiger partial charge in [0.1, 0.15) is 5.82 Å². The molecule has 1 atom stereocenters. The first-order valence-corrected chi connectivity index (χ1v) is 10.2. The first-order chi connectivity index (χ1) is 14.6.